The highest BCUT2D eigenvalue weighted by atomic mass is 35.5. The Bertz CT molecular complexity index is 843. The van der Waals surface area contributed by atoms with E-state index >= 15 is 0 Å². The fourth-order valence-corrected chi connectivity index (χ4v) is 4.68. The van der Waals surface area contributed by atoms with Crippen molar-refractivity contribution >= 4 is 21.6 Å². The molecule has 2 atom stereocenters. The summed E-state index contributed by atoms with van der Waals surface area (Å²) in [7, 11) is -3.61. The van der Waals surface area contributed by atoms with Crippen LogP contribution in [0.5, 0.6) is 0 Å². The zero-order chi connectivity index (χ0) is 16.9. The lowest BCUT2D eigenvalue weighted by Crippen LogP contribution is -2.32. The van der Waals surface area contributed by atoms with E-state index in [-0.39, 0.29) is 22.6 Å². The normalized spacial score (nSPS) is 23.6. The van der Waals surface area contributed by atoms with E-state index in [0.29, 0.717) is 17.6 Å². The Hall–Kier alpha value is -1.37. The summed E-state index contributed by atoms with van der Waals surface area (Å²) in [5.74, 6) is 2.82. The van der Waals surface area contributed by atoms with Gasteiger partial charge in [0.1, 0.15) is 21.6 Å². The topological polar surface area (TPSA) is 63.4 Å². The molecule has 24 heavy (non-hydrogen) atoms. The lowest BCUT2D eigenvalue weighted by molar-refractivity contribution is 0.347. The van der Waals surface area contributed by atoms with Crippen LogP contribution in [0.1, 0.15) is 43.6 Å². The number of pyridine rings is 1. The van der Waals surface area contributed by atoms with Gasteiger partial charge in [0.15, 0.2) is 0 Å². The van der Waals surface area contributed by atoms with Gasteiger partial charge >= 0.3 is 0 Å². The Morgan fingerprint density at radius 1 is 1.29 bits per heavy atom. The molecule has 2 aliphatic rings. The van der Waals surface area contributed by atoms with Gasteiger partial charge in [-0.1, -0.05) is 18.5 Å². The Kier molecular flexibility index (Phi) is 3.94. The standard InChI is InChI=1S/C17H19ClN2O3S/c1-11-8-15(11)16-6-4-13(23-16)10-20(12-2-3-12)24(21,22)14-5-7-17(18)19-9-14/h4-7,9,11-12,15H,2-3,8,10H2,1H3/t11-,15-/m1/s1. The van der Waals surface area contributed by atoms with Crippen molar-refractivity contribution in [2.75, 3.05) is 0 Å². The van der Waals surface area contributed by atoms with Crippen LogP contribution < -0.4 is 0 Å². The van der Waals surface area contributed by atoms with Crippen LogP contribution >= 0.6 is 11.6 Å². The monoisotopic (exact) mass is 366 g/mol. The molecule has 0 N–H and O–H groups in total. The summed E-state index contributed by atoms with van der Waals surface area (Å²) in [6, 6.07) is 6.91. The molecule has 2 saturated carbocycles. The minimum Gasteiger partial charge on any atom is -0.464 e. The van der Waals surface area contributed by atoms with Crippen LogP contribution in [0.25, 0.3) is 0 Å². The number of halogens is 1. The average molecular weight is 367 g/mol. The van der Waals surface area contributed by atoms with E-state index in [0.717, 1.165) is 25.0 Å². The number of aromatic nitrogens is 1. The van der Waals surface area contributed by atoms with Gasteiger partial charge in [-0.2, -0.15) is 4.31 Å². The van der Waals surface area contributed by atoms with Crippen molar-refractivity contribution in [3.63, 3.8) is 0 Å². The van der Waals surface area contributed by atoms with Gasteiger partial charge < -0.3 is 4.42 Å². The molecule has 2 aliphatic carbocycles. The van der Waals surface area contributed by atoms with Crippen molar-refractivity contribution < 1.29 is 12.8 Å². The Morgan fingerprint density at radius 2 is 2.04 bits per heavy atom. The second-order valence-electron chi connectivity index (χ2n) is 6.72. The average Bonchev–Trinajstić information content (AvgIpc) is 3.46. The Balaban J connectivity index is 1.58. The maximum atomic E-state index is 12.9. The van der Waals surface area contributed by atoms with Crippen molar-refractivity contribution in [2.24, 2.45) is 5.92 Å². The minimum atomic E-state index is -3.61. The fraction of sp³-hybridized carbons (Fsp3) is 0.471. The largest absolute Gasteiger partial charge is 0.464 e. The van der Waals surface area contributed by atoms with Crippen LogP contribution in [0.4, 0.5) is 0 Å². The van der Waals surface area contributed by atoms with Crippen molar-refractivity contribution in [1.82, 2.24) is 9.29 Å². The second kappa shape index (κ2) is 5.86. The molecule has 0 bridgehead atoms. The summed E-state index contributed by atoms with van der Waals surface area (Å²) in [5.41, 5.74) is 0. The van der Waals surface area contributed by atoms with Gasteiger partial charge in [-0.15, -0.1) is 0 Å². The van der Waals surface area contributed by atoms with Crippen LogP contribution in [0, 0.1) is 5.92 Å². The molecular formula is C17H19ClN2O3S. The van der Waals surface area contributed by atoms with E-state index in [4.69, 9.17) is 16.0 Å². The first-order valence-corrected chi connectivity index (χ1v) is 9.99. The zero-order valence-electron chi connectivity index (χ0n) is 13.4. The molecule has 2 aromatic heterocycles. The van der Waals surface area contributed by atoms with Gasteiger partial charge in [0.2, 0.25) is 10.0 Å². The quantitative estimate of drug-likeness (QED) is 0.729. The van der Waals surface area contributed by atoms with Crippen LogP contribution in [0.2, 0.25) is 5.15 Å². The molecule has 128 valence electrons. The summed E-state index contributed by atoms with van der Waals surface area (Å²) < 4.78 is 33.3. The van der Waals surface area contributed by atoms with Gasteiger partial charge in [0.05, 0.1) is 6.54 Å². The molecule has 2 heterocycles. The first-order valence-electron chi connectivity index (χ1n) is 8.17. The molecule has 0 unspecified atom stereocenters. The first kappa shape index (κ1) is 16.1. The summed E-state index contributed by atoms with van der Waals surface area (Å²) in [6.07, 6.45) is 4.22. The zero-order valence-corrected chi connectivity index (χ0v) is 14.9. The van der Waals surface area contributed by atoms with Crippen molar-refractivity contribution in [3.05, 3.63) is 47.1 Å². The van der Waals surface area contributed by atoms with Crippen LogP contribution in [-0.4, -0.2) is 23.7 Å². The lowest BCUT2D eigenvalue weighted by atomic mass is 10.3. The predicted octanol–water partition coefficient (Wildman–Crippen LogP) is 3.80. The SMILES string of the molecule is C[C@@H]1C[C@H]1c1ccc(CN(C2CC2)S(=O)(=O)c2ccc(Cl)nc2)o1. The third-order valence-electron chi connectivity index (χ3n) is 4.73. The van der Waals surface area contributed by atoms with Gasteiger partial charge in [-0.3, -0.25) is 0 Å². The first-order chi connectivity index (χ1) is 11.4. The van der Waals surface area contributed by atoms with Crippen molar-refractivity contribution in [1.29, 1.82) is 0 Å². The highest BCUT2D eigenvalue weighted by molar-refractivity contribution is 7.89. The van der Waals surface area contributed by atoms with E-state index in [1.807, 2.05) is 12.1 Å². The maximum absolute atomic E-state index is 12.9. The van der Waals surface area contributed by atoms with Crippen LogP contribution in [0.3, 0.4) is 0 Å². The Labute approximate surface area is 146 Å². The molecule has 0 spiro atoms. The molecule has 7 heteroatoms. The maximum Gasteiger partial charge on any atom is 0.245 e. The van der Waals surface area contributed by atoms with Gasteiger partial charge in [-0.25, -0.2) is 13.4 Å². The molecule has 5 nitrogen and oxygen atoms in total. The number of sulfonamides is 1. The smallest absolute Gasteiger partial charge is 0.245 e. The third kappa shape index (κ3) is 3.10. The lowest BCUT2D eigenvalue weighted by Gasteiger charge is -2.20. The summed E-state index contributed by atoms with van der Waals surface area (Å²) in [6.45, 7) is 2.46. The van der Waals surface area contributed by atoms with E-state index in [2.05, 4.69) is 11.9 Å². The van der Waals surface area contributed by atoms with E-state index in [1.165, 1.54) is 22.6 Å². The molecule has 4 rings (SSSR count). The van der Waals surface area contributed by atoms with Gasteiger partial charge in [-0.05, 0) is 49.4 Å². The van der Waals surface area contributed by atoms with Gasteiger partial charge in [0.25, 0.3) is 0 Å². The summed E-state index contributed by atoms with van der Waals surface area (Å²) >= 11 is 5.76. The third-order valence-corrected chi connectivity index (χ3v) is 6.84. The molecule has 2 fully saturated rings. The molecule has 2 aromatic rings. The van der Waals surface area contributed by atoms with Crippen molar-refractivity contribution in [2.45, 2.75) is 49.6 Å². The molecule has 0 radical (unpaired) electrons. The molecule has 0 aliphatic heterocycles. The van der Waals surface area contributed by atoms with E-state index in [9.17, 15) is 8.42 Å². The number of nitrogens with zero attached hydrogens (tertiary/aromatic N) is 2. The highest BCUT2D eigenvalue weighted by Gasteiger charge is 2.40. The van der Waals surface area contributed by atoms with Crippen LogP contribution in [0.15, 0.2) is 39.8 Å². The summed E-state index contributed by atoms with van der Waals surface area (Å²) in [5, 5.41) is 0.279. The number of hydrogen-bond acceptors (Lipinski definition) is 4. The van der Waals surface area contributed by atoms with E-state index in [1.54, 1.807) is 0 Å². The number of rotatable bonds is 6. The van der Waals surface area contributed by atoms with Crippen LogP contribution in [-0.2, 0) is 16.6 Å². The summed E-state index contributed by atoms with van der Waals surface area (Å²) in [4.78, 5) is 4.06. The second-order valence-corrected chi connectivity index (χ2v) is 9.00. The van der Waals surface area contributed by atoms with E-state index < -0.39 is 10.0 Å². The molecule has 0 saturated heterocycles. The Morgan fingerprint density at radius 3 is 2.62 bits per heavy atom. The molecule has 0 aromatic carbocycles. The predicted molar refractivity (Wildman–Crippen MR) is 90.2 cm³/mol. The fourth-order valence-electron chi connectivity index (χ4n) is 2.97. The molecule has 0 amide bonds. The van der Waals surface area contributed by atoms with Gasteiger partial charge in [0, 0.05) is 18.2 Å². The number of hydrogen-bond donors (Lipinski definition) is 0. The highest BCUT2D eigenvalue weighted by Crippen LogP contribution is 2.47. The minimum absolute atomic E-state index is 0.0408. The number of furan rings is 1. The molecular weight excluding hydrogens is 348 g/mol. The van der Waals surface area contributed by atoms with Crippen molar-refractivity contribution in [3.8, 4) is 0 Å².